The third-order valence-corrected chi connectivity index (χ3v) is 1.80. The summed E-state index contributed by atoms with van der Waals surface area (Å²) in [4.78, 5) is 0. The molecule has 0 amide bonds. The second-order valence-corrected chi connectivity index (χ2v) is 2.59. The second-order valence-electron chi connectivity index (χ2n) is 2.59. The summed E-state index contributed by atoms with van der Waals surface area (Å²) in [6.45, 7) is 2.92. The number of fused-ring (bicyclic) bond motifs is 1. The first-order valence-electron chi connectivity index (χ1n) is 3.13. The first-order valence-corrected chi connectivity index (χ1v) is 3.13. The fraction of sp³-hybridized carbons (Fsp3) is 1.00. The third kappa shape index (κ3) is 0.644. The molecule has 0 aromatic heterocycles. The van der Waals surface area contributed by atoms with Crippen LogP contribution >= 0.6 is 0 Å². The van der Waals surface area contributed by atoms with Crippen LogP contribution in [0.1, 0.15) is 13.3 Å². The standard InChI is InChI=1S/C6H10O2/c1-4-2-5-6(8-5)3-7-4/h4-6H,2-3H2,1H3/t4-,5+,6+/m0/s1. The van der Waals surface area contributed by atoms with Gasteiger partial charge in [-0.15, -0.1) is 0 Å². The zero-order valence-electron chi connectivity index (χ0n) is 4.96. The summed E-state index contributed by atoms with van der Waals surface area (Å²) in [5.74, 6) is 0. The van der Waals surface area contributed by atoms with E-state index in [9.17, 15) is 0 Å². The van der Waals surface area contributed by atoms with Crippen LogP contribution in [0, 0.1) is 0 Å². The van der Waals surface area contributed by atoms with Gasteiger partial charge in [0.15, 0.2) is 0 Å². The number of hydrogen-bond acceptors (Lipinski definition) is 2. The fourth-order valence-electron chi connectivity index (χ4n) is 1.19. The maximum absolute atomic E-state index is 5.31. The Kier molecular flexibility index (Phi) is 0.866. The van der Waals surface area contributed by atoms with Gasteiger partial charge in [0.05, 0.1) is 18.8 Å². The van der Waals surface area contributed by atoms with Gasteiger partial charge in [-0.1, -0.05) is 0 Å². The Bertz CT molecular complexity index is 103. The summed E-state index contributed by atoms with van der Waals surface area (Å²) in [5, 5.41) is 0. The van der Waals surface area contributed by atoms with Crippen molar-refractivity contribution in [2.75, 3.05) is 6.61 Å². The topological polar surface area (TPSA) is 21.8 Å². The molecular weight excluding hydrogens is 104 g/mol. The van der Waals surface area contributed by atoms with E-state index < -0.39 is 0 Å². The molecule has 2 fully saturated rings. The molecule has 2 heterocycles. The Morgan fingerprint density at radius 1 is 1.38 bits per heavy atom. The van der Waals surface area contributed by atoms with Crippen molar-refractivity contribution < 1.29 is 9.47 Å². The van der Waals surface area contributed by atoms with Crippen molar-refractivity contribution in [1.29, 1.82) is 0 Å². The predicted molar refractivity (Wildman–Crippen MR) is 28.7 cm³/mol. The smallest absolute Gasteiger partial charge is 0.108 e. The number of rotatable bonds is 0. The summed E-state index contributed by atoms with van der Waals surface area (Å²) in [7, 11) is 0. The molecule has 2 aliphatic rings. The maximum atomic E-state index is 5.31. The van der Waals surface area contributed by atoms with Gasteiger partial charge in [-0.05, 0) is 6.92 Å². The van der Waals surface area contributed by atoms with E-state index in [4.69, 9.17) is 9.47 Å². The minimum atomic E-state index is 0.429. The Morgan fingerprint density at radius 2 is 2.25 bits per heavy atom. The van der Waals surface area contributed by atoms with Crippen molar-refractivity contribution >= 4 is 0 Å². The van der Waals surface area contributed by atoms with E-state index in [1.165, 1.54) is 0 Å². The van der Waals surface area contributed by atoms with Gasteiger partial charge in [-0.25, -0.2) is 0 Å². The van der Waals surface area contributed by atoms with E-state index in [0.29, 0.717) is 18.3 Å². The highest BCUT2D eigenvalue weighted by Crippen LogP contribution is 2.31. The van der Waals surface area contributed by atoms with E-state index >= 15 is 0 Å². The van der Waals surface area contributed by atoms with Gasteiger partial charge in [-0.3, -0.25) is 0 Å². The minimum Gasteiger partial charge on any atom is -0.376 e. The van der Waals surface area contributed by atoms with Crippen molar-refractivity contribution in [2.24, 2.45) is 0 Å². The Hall–Kier alpha value is -0.0800. The van der Waals surface area contributed by atoms with Crippen LogP contribution in [0.5, 0.6) is 0 Å². The fourth-order valence-corrected chi connectivity index (χ4v) is 1.19. The SMILES string of the molecule is C[C@H]1C[C@H]2O[C@@H]2CO1. The van der Waals surface area contributed by atoms with Gasteiger partial charge >= 0.3 is 0 Å². The lowest BCUT2D eigenvalue weighted by Gasteiger charge is -2.13. The monoisotopic (exact) mass is 114 g/mol. The Labute approximate surface area is 48.8 Å². The minimum absolute atomic E-state index is 0.429. The molecule has 0 bridgehead atoms. The molecule has 0 aliphatic carbocycles. The number of hydrogen-bond donors (Lipinski definition) is 0. The van der Waals surface area contributed by atoms with Crippen molar-refractivity contribution in [1.82, 2.24) is 0 Å². The average Bonchev–Trinajstić information content (AvgIpc) is 2.43. The molecule has 2 rings (SSSR count). The molecule has 2 saturated heterocycles. The van der Waals surface area contributed by atoms with Crippen LogP contribution in [-0.4, -0.2) is 24.9 Å². The van der Waals surface area contributed by atoms with E-state index in [0.717, 1.165) is 13.0 Å². The molecule has 0 saturated carbocycles. The molecule has 0 N–H and O–H groups in total. The lowest BCUT2D eigenvalue weighted by Crippen LogP contribution is -2.21. The normalized spacial score (nSPS) is 52.9. The van der Waals surface area contributed by atoms with E-state index in [-0.39, 0.29) is 0 Å². The highest BCUT2D eigenvalue weighted by molar-refractivity contribution is 4.89. The molecule has 2 aliphatic heterocycles. The molecule has 0 aromatic rings. The summed E-state index contributed by atoms with van der Waals surface area (Å²) in [6.07, 6.45) is 2.55. The number of ether oxygens (including phenoxy) is 2. The highest BCUT2D eigenvalue weighted by Gasteiger charge is 2.43. The van der Waals surface area contributed by atoms with Crippen LogP contribution < -0.4 is 0 Å². The Morgan fingerprint density at radius 3 is 2.88 bits per heavy atom. The quantitative estimate of drug-likeness (QED) is 0.429. The summed E-state index contributed by atoms with van der Waals surface area (Å²) >= 11 is 0. The first kappa shape index (κ1) is 4.77. The Balaban J connectivity index is 1.93. The molecule has 0 spiro atoms. The van der Waals surface area contributed by atoms with Gasteiger partial charge in [-0.2, -0.15) is 0 Å². The number of epoxide rings is 1. The van der Waals surface area contributed by atoms with Crippen molar-refractivity contribution in [3.05, 3.63) is 0 Å². The largest absolute Gasteiger partial charge is 0.376 e. The van der Waals surface area contributed by atoms with Gasteiger partial charge in [0.25, 0.3) is 0 Å². The summed E-state index contributed by atoms with van der Waals surface area (Å²) in [5.41, 5.74) is 0. The lowest BCUT2D eigenvalue weighted by molar-refractivity contribution is 0.0425. The van der Waals surface area contributed by atoms with Crippen LogP contribution in [-0.2, 0) is 9.47 Å². The molecule has 0 radical (unpaired) electrons. The second kappa shape index (κ2) is 1.45. The summed E-state index contributed by atoms with van der Waals surface area (Å²) < 4.78 is 10.5. The molecule has 8 heavy (non-hydrogen) atoms. The first-order chi connectivity index (χ1) is 3.86. The van der Waals surface area contributed by atoms with E-state index in [1.54, 1.807) is 0 Å². The van der Waals surface area contributed by atoms with Crippen molar-refractivity contribution in [3.63, 3.8) is 0 Å². The van der Waals surface area contributed by atoms with Crippen LogP contribution in [0.4, 0.5) is 0 Å². The van der Waals surface area contributed by atoms with E-state index in [2.05, 4.69) is 6.92 Å². The third-order valence-electron chi connectivity index (χ3n) is 1.80. The van der Waals surface area contributed by atoms with Crippen molar-refractivity contribution in [2.45, 2.75) is 31.7 Å². The molecule has 0 aromatic carbocycles. The highest BCUT2D eigenvalue weighted by atomic mass is 16.6. The van der Waals surface area contributed by atoms with Crippen LogP contribution in [0.3, 0.4) is 0 Å². The predicted octanol–water partition coefficient (Wildman–Crippen LogP) is 0.563. The maximum Gasteiger partial charge on any atom is 0.108 e. The molecule has 3 atom stereocenters. The molecular formula is C6H10O2. The van der Waals surface area contributed by atoms with Crippen LogP contribution in [0.25, 0.3) is 0 Å². The van der Waals surface area contributed by atoms with Gasteiger partial charge in [0.2, 0.25) is 0 Å². The van der Waals surface area contributed by atoms with Crippen LogP contribution in [0.15, 0.2) is 0 Å². The van der Waals surface area contributed by atoms with E-state index in [1.807, 2.05) is 0 Å². The zero-order valence-corrected chi connectivity index (χ0v) is 4.96. The lowest BCUT2D eigenvalue weighted by atomic mass is 10.1. The van der Waals surface area contributed by atoms with Gasteiger partial charge < -0.3 is 9.47 Å². The zero-order chi connectivity index (χ0) is 5.56. The molecule has 2 nitrogen and oxygen atoms in total. The van der Waals surface area contributed by atoms with Crippen LogP contribution in [0.2, 0.25) is 0 Å². The van der Waals surface area contributed by atoms with Gasteiger partial charge in [0, 0.05) is 6.42 Å². The average molecular weight is 114 g/mol. The summed E-state index contributed by atoms with van der Waals surface area (Å²) in [6, 6.07) is 0. The molecule has 0 unspecified atom stereocenters. The molecule has 2 heteroatoms. The van der Waals surface area contributed by atoms with Crippen molar-refractivity contribution in [3.8, 4) is 0 Å². The molecule has 46 valence electrons. The van der Waals surface area contributed by atoms with Gasteiger partial charge in [0.1, 0.15) is 6.10 Å².